The van der Waals surface area contributed by atoms with E-state index in [0.717, 1.165) is 31.5 Å². The van der Waals surface area contributed by atoms with Crippen LogP contribution in [0.5, 0.6) is 5.75 Å². The van der Waals surface area contributed by atoms with Crippen molar-refractivity contribution in [3.8, 4) is 5.75 Å². The number of hydrogen-bond acceptors (Lipinski definition) is 4. The van der Waals surface area contributed by atoms with Gasteiger partial charge in [0.05, 0.1) is 12.0 Å². The van der Waals surface area contributed by atoms with Crippen molar-refractivity contribution in [3.63, 3.8) is 0 Å². The maximum absolute atomic E-state index is 12.9. The van der Waals surface area contributed by atoms with Crippen molar-refractivity contribution in [1.29, 1.82) is 0 Å². The van der Waals surface area contributed by atoms with Crippen LogP contribution < -0.4 is 10.1 Å². The molecule has 1 aromatic carbocycles. The van der Waals surface area contributed by atoms with Crippen molar-refractivity contribution in [2.24, 2.45) is 0 Å². The van der Waals surface area contributed by atoms with Crippen molar-refractivity contribution in [1.82, 2.24) is 9.62 Å². The normalized spacial score (nSPS) is 17.1. The molecule has 1 N–H and O–H groups in total. The first-order chi connectivity index (χ1) is 10.0. The lowest BCUT2D eigenvalue weighted by Gasteiger charge is -2.33. The van der Waals surface area contributed by atoms with Crippen LogP contribution in [0, 0.1) is 6.92 Å². The van der Waals surface area contributed by atoms with E-state index in [1.807, 2.05) is 13.8 Å². The van der Waals surface area contributed by atoms with Crippen LogP contribution in [-0.4, -0.2) is 45.5 Å². The monoisotopic (exact) mass is 312 g/mol. The first-order valence-corrected chi connectivity index (χ1v) is 8.82. The van der Waals surface area contributed by atoms with E-state index in [9.17, 15) is 8.42 Å². The van der Waals surface area contributed by atoms with E-state index in [1.165, 1.54) is 0 Å². The van der Waals surface area contributed by atoms with Gasteiger partial charge in [0, 0.05) is 12.6 Å². The van der Waals surface area contributed by atoms with E-state index in [2.05, 4.69) is 5.32 Å². The molecule has 0 amide bonds. The fourth-order valence-corrected chi connectivity index (χ4v) is 4.65. The number of nitrogens with one attached hydrogen (secondary N) is 1. The third-order valence-electron chi connectivity index (χ3n) is 4.00. The minimum atomic E-state index is -3.45. The molecule has 6 heteroatoms. The van der Waals surface area contributed by atoms with Gasteiger partial charge in [0.2, 0.25) is 10.0 Å². The lowest BCUT2D eigenvalue weighted by molar-refractivity contribution is 0.270. The smallest absolute Gasteiger partial charge is 0.243 e. The van der Waals surface area contributed by atoms with Crippen LogP contribution in [0.3, 0.4) is 0 Å². The summed E-state index contributed by atoms with van der Waals surface area (Å²) < 4.78 is 32.6. The van der Waals surface area contributed by atoms with Gasteiger partial charge in [-0.3, -0.25) is 0 Å². The number of rotatable bonds is 5. The lowest BCUT2D eigenvalue weighted by atomic mass is 10.1. The Labute approximate surface area is 127 Å². The SMILES string of the molecule is CCN(C1CCNCC1)S(=O)(=O)c1ccc(OC)c(C)c1. The van der Waals surface area contributed by atoms with E-state index in [-0.39, 0.29) is 6.04 Å². The molecule has 1 fully saturated rings. The number of benzene rings is 1. The van der Waals surface area contributed by atoms with E-state index in [4.69, 9.17) is 4.74 Å². The summed E-state index contributed by atoms with van der Waals surface area (Å²) in [5.74, 6) is 0.707. The molecule has 1 heterocycles. The summed E-state index contributed by atoms with van der Waals surface area (Å²) >= 11 is 0. The van der Waals surface area contributed by atoms with Crippen molar-refractivity contribution in [2.75, 3.05) is 26.7 Å². The number of nitrogens with zero attached hydrogens (tertiary/aromatic N) is 1. The van der Waals surface area contributed by atoms with Gasteiger partial charge in [-0.15, -0.1) is 0 Å². The fourth-order valence-electron chi connectivity index (χ4n) is 2.87. The van der Waals surface area contributed by atoms with E-state index >= 15 is 0 Å². The van der Waals surface area contributed by atoms with Gasteiger partial charge in [-0.1, -0.05) is 6.92 Å². The van der Waals surface area contributed by atoms with Crippen LogP contribution in [0.25, 0.3) is 0 Å². The van der Waals surface area contributed by atoms with Gasteiger partial charge in [0.15, 0.2) is 0 Å². The van der Waals surface area contributed by atoms with Crippen LogP contribution in [-0.2, 0) is 10.0 Å². The van der Waals surface area contributed by atoms with E-state index < -0.39 is 10.0 Å². The first kappa shape index (κ1) is 16.3. The van der Waals surface area contributed by atoms with Crippen LogP contribution >= 0.6 is 0 Å². The lowest BCUT2D eigenvalue weighted by Crippen LogP contribution is -2.45. The Morgan fingerprint density at radius 3 is 2.52 bits per heavy atom. The second-order valence-electron chi connectivity index (χ2n) is 5.32. The van der Waals surface area contributed by atoms with Gasteiger partial charge in [0.25, 0.3) is 0 Å². The minimum absolute atomic E-state index is 0.0867. The average molecular weight is 312 g/mol. The predicted octanol–water partition coefficient (Wildman–Crippen LogP) is 1.77. The zero-order chi connectivity index (χ0) is 15.5. The molecule has 0 bridgehead atoms. The maximum atomic E-state index is 12.9. The Kier molecular flexibility index (Phi) is 5.24. The molecule has 0 saturated carbocycles. The molecule has 0 spiro atoms. The van der Waals surface area contributed by atoms with E-state index in [1.54, 1.807) is 29.6 Å². The van der Waals surface area contributed by atoms with Gasteiger partial charge in [0.1, 0.15) is 5.75 Å². The van der Waals surface area contributed by atoms with Crippen LogP contribution in [0.2, 0.25) is 0 Å². The Morgan fingerprint density at radius 1 is 1.33 bits per heavy atom. The summed E-state index contributed by atoms with van der Waals surface area (Å²) in [6.45, 7) is 6.00. The molecule has 1 aliphatic heterocycles. The van der Waals surface area contributed by atoms with E-state index in [0.29, 0.717) is 17.2 Å². The zero-order valence-corrected chi connectivity index (χ0v) is 13.7. The largest absolute Gasteiger partial charge is 0.496 e. The van der Waals surface area contributed by atoms with Crippen molar-refractivity contribution >= 4 is 10.0 Å². The van der Waals surface area contributed by atoms with Crippen molar-refractivity contribution < 1.29 is 13.2 Å². The molecule has 1 saturated heterocycles. The van der Waals surface area contributed by atoms with Crippen molar-refractivity contribution in [2.45, 2.75) is 37.6 Å². The summed E-state index contributed by atoms with van der Waals surface area (Å²) in [6.07, 6.45) is 1.73. The molecule has 0 radical (unpaired) electrons. The van der Waals surface area contributed by atoms with Crippen LogP contribution in [0.4, 0.5) is 0 Å². The third kappa shape index (κ3) is 3.39. The molecular weight excluding hydrogens is 288 g/mol. The van der Waals surface area contributed by atoms with Crippen LogP contribution in [0.1, 0.15) is 25.3 Å². The number of hydrogen-bond donors (Lipinski definition) is 1. The second kappa shape index (κ2) is 6.77. The molecular formula is C15H24N2O3S. The molecule has 0 atom stereocenters. The first-order valence-electron chi connectivity index (χ1n) is 7.38. The number of piperidine rings is 1. The molecule has 118 valence electrons. The highest BCUT2D eigenvalue weighted by atomic mass is 32.2. The Hall–Kier alpha value is -1.11. The summed E-state index contributed by atoms with van der Waals surface area (Å²) in [6, 6.07) is 5.13. The molecule has 0 aromatic heterocycles. The molecule has 2 rings (SSSR count). The topological polar surface area (TPSA) is 58.6 Å². The molecule has 0 unspecified atom stereocenters. The number of sulfonamides is 1. The summed E-state index contributed by atoms with van der Waals surface area (Å²) in [7, 11) is -1.86. The minimum Gasteiger partial charge on any atom is -0.496 e. The van der Waals surface area contributed by atoms with Crippen molar-refractivity contribution in [3.05, 3.63) is 23.8 Å². The molecule has 5 nitrogen and oxygen atoms in total. The van der Waals surface area contributed by atoms with Gasteiger partial charge >= 0.3 is 0 Å². The standard InChI is InChI=1S/C15H24N2O3S/c1-4-17(13-7-9-16-10-8-13)21(18,19)14-5-6-15(20-3)12(2)11-14/h5-6,11,13,16H,4,7-10H2,1-3H3. The number of ether oxygens (including phenoxy) is 1. The molecule has 1 aliphatic rings. The summed E-state index contributed by atoms with van der Waals surface area (Å²) in [5, 5.41) is 3.27. The fraction of sp³-hybridized carbons (Fsp3) is 0.600. The highest BCUT2D eigenvalue weighted by Crippen LogP contribution is 2.26. The number of methoxy groups -OCH3 is 1. The van der Waals surface area contributed by atoms with Gasteiger partial charge < -0.3 is 10.1 Å². The maximum Gasteiger partial charge on any atom is 0.243 e. The predicted molar refractivity (Wildman–Crippen MR) is 83.2 cm³/mol. The highest BCUT2D eigenvalue weighted by Gasteiger charge is 2.31. The quantitative estimate of drug-likeness (QED) is 0.900. The van der Waals surface area contributed by atoms with Gasteiger partial charge in [-0.05, 0) is 56.6 Å². The average Bonchev–Trinajstić information content (AvgIpc) is 2.48. The summed E-state index contributed by atoms with van der Waals surface area (Å²) in [4.78, 5) is 0.348. The number of aryl methyl sites for hydroxylation is 1. The second-order valence-corrected chi connectivity index (χ2v) is 7.21. The molecule has 1 aromatic rings. The van der Waals surface area contributed by atoms with Gasteiger partial charge in [-0.25, -0.2) is 8.42 Å². The molecule has 0 aliphatic carbocycles. The van der Waals surface area contributed by atoms with Gasteiger partial charge in [-0.2, -0.15) is 4.31 Å². The Bertz CT molecular complexity index is 581. The molecule has 21 heavy (non-hydrogen) atoms. The van der Waals surface area contributed by atoms with Crippen LogP contribution in [0.15, 0.2) is 23.1 Å². The third-order valence-corrected chi connectivity index (χ3v) is 6.02. The highest BCUT2D eigenvalue weighted by molar-refractivity contribution is 7.89. The zero-order valence-electron chi connectivity index (χ0n) is 12.9. The Morgan fingerprint density at radius 2 is 2.00 bits per heavy atom. The summed E-state index contributed by atoms with van der Waals surface area (Å²) in [5.41, 5.74) is 0.833. The Balaban J connectivity index is 2.32.